The van der Waals surface area contributed by atoms with Crippen LogP contribution in [0, 0.1) is 23.7 Å². The number of nitrogens with two attached hydrogens (primary N) is 1. The molecule has 85 heavy (non-hydrogen) atoms. The number of amides is 10. The number of imide groups is 1. The highest BCUT2D eigenvalue weighted by molar-refractivity contribution is 7.78. The van der Waals surface area contributed by atoms with Gasteiger partial charge < -0.3 is 73.0 Å². The van der Waals surface area contributed by atoms with Crippen LogP contribution in [0.3, 0.4) is 0 Å². The number of rotatable bonds is 15. The number of thiol groups is 1. The first kappa shape index (κ1) is 66.6. The quantitative estimate of drug-likeness (QED) is 0.0348. The number of benzene rings is 1. The van der Waals surface area contributed by atoms with Gasteiger partial charge in [-0.2, -0.15) is 0 Å². The van der Waals surface area contributed by atoms with Crippen molar-refractivity contribution in [2.45, 2.75) is 126 Å². The van der Waals surface area contributed by atoms with E-state index < -0.39 is 158 Å². The first-order valence-corrected chi connectivity index (χ1v) is 29.5. The van der Waals surface area contributed by atoms with Gasteiger partial charge in [0.1, 0.15) is 35.3 Å². The minimum Gasteiger partial charge on any atom is -0.870 e. The van der Waals surface area contributed by atoms with E-state index in [1.165, 1.54) is 25.1 Å². The largest absolute Gasteiger partial charge is 0.870 e. The molecule has 5 aliphatic heterocycles. The van der Waals surface area contributed by atoms with Gasteiger partial charge in [-0.05, 0) is 37.3 Å². The molecule has 0 spiro atoms. The number of phenolic OH excluding ortho intramolecular Hbond substituents is 1. The number of aliphatic hydroxyl groups is 3. The van der Waals surface area contributed by atoms with E-state index in [4.69, 9.17) is 5.73 Å². The number of aromatic nitrogens is 1. The number of nitrogens with one attached hydrogen (secondary N) is 7. The first-order chi connectivity index (χ1) is 40.0. The average Bonchev–Trinajstić information content (AvgIpc) is 2.24. The van der Waals surface area contributed by atoms with Crippen molar-refractivity contribution in [3.05, 3.63) is 29.8 Å². The second-order valence-electron chi connectivity index (χ2n) is 22.2. The summed E-state index contributed by atoms with van der Waals surface area (Å²) >= 11 is 0.259. The maximum absolute atomic E-state index is 15.0. The highest BCUT2D eigenvalue weighted by Gasteiger charge is 2.45. The number of aromatic hydroxyl groups is 1. The van der Waals surface area contributed by atoms with Crippen molar-refractivity contribution in [2.75, 3.05) is 69.6 Å². The zero-order valence-corrected chi connectivity index (χ0v) is 48.6. The number of aliphatic hydroxyl groups excluding tert-OH is 3. The van der Waals surface area contributed by atoms with Crippen molar-refractivity contribution in [3.8, 4) is 5.75 Å². The molecule has 1 aromatic carbocycles. The molecule has 2 aromatic rings. The molecule has 2 fully saturated rings. The van der Waals surface area contributed by atoms with Gasteiger partial charge in [0.25, 0.3) is 11.8 Å². The lowest BCUT2D eigenvalue weighted by molar-refractivity contribution is -0.145. The summed E-state index contributed by atoms with van der Waals surface area (Å²) < 4.78 is 0. The zero-order valence-electron chi connectivity index (χ0n) is 47.7. The van der Waals surface area contributed by atoms with Crippen molar-refractivity contribution in [1.82, 2.24) is 51.8 Å². The van der Waals surface area contributed by atoms with E-state index in [1.54, 1.807) is 24.9 Å². The molecule has 29 nitrogen and oxygen atoms in total. The molecule has 14 N–H and O–H groups in total. The van der Waals surface area contributed by atoms with Crippen LogP contribution in [0.5, 0.6) is 5.75 Å². The summed E-state index contributed by atoms with van der Waals surface area (Å²) in [4.78, 5) is 172. The van der Waals surface area contributed by atoms with Gasteiger partial charge in [-0.25, -0.2) is 5.01 Å². The molecule has 466 valence electrons. The number of carbonyl (C=O) groups excluding carboxylic acids is 12. The van der Waals surface area contributed by atoms with Crippen LogP contribution in [0.1, 0.15) is 84.1 Å². The maximum Gasteiger partial charge on any atom is 0.253 e. The second-order valence-corrected chi connectivity index (χ2v) is 23.3. The number of hydrogen-bond donors (Lipinski definition) is 12. The Morgan fingerprint density at radius 2 is 1.49 bits per heavy atom. The Kier molecular flexibility index (Phi) is 23.5. The van der Waals surface area contributed by atoms with Gasteiger partial charge in [0.2, 0.25) is 52.3 Å². The minimum absolute atomic E-state index is 0. The van der Waals surface area contributed by atoms with E-state index in [2.05, 4.69) is 37.0 Å². The number of hydrazine groups is 1. The summed E-state index contributed by atoms with van der Waals surface area (Å²) in [6.07, 6.45) is -1.04. The second kappa shape index (κ2) is 30.0. The van der Waals surface area contributed by atoms with Gasteiger partial charge in [0.05, 0.1) is 49.4 Å². The minimum atomic E-state index is -1.66. The van der Waals surface area contributed by atoms with Gasteiger partial charge in [0, 0.05) is 118 Å². The molecule has 10 atom stereocenters. The number of Topliss-reactive ketones (excluding diaryl/α,β-unsaturated/α-hetero) is 2. The lowest BCUT2D eigenvalue weighted by atomic mass is 9.85. The highest BCUT2D eigenvalue weighted by atomic mass is 32.2. The molecule has 0 unspecified atom stereocenters. The van der Waals surface area contributed by atoms with Crippen LogP contribution in [0.15, 0.2) is 29.3 Å². The molecule has 2 bridgehead atoms. The lowest BCUT2D eigenvalue weighted by Crippen LogP contribution is -2.56. The Bertz CT molecular complexity index is 2890. The monoisotopic (exact) mass is 1210 g/mol. The Hall–Kier alpha value is -7.51. The summed E-state index contributed by atoms with van der Waals surface area (Å²) in [5.41, 5.74) is 9.62. The smallest absolute Gasteiger partial charge is 0.253 e. The number of piperazine rings is 1. The predicted molar refractivity (Wildman–Crippen MR) is 303 cm³/mol. The van der Waals surface area contributed by atoms with Crippen LogP contribution in [0.25, 0.3) is 10.9 Å². The third-order valence-electron chi connectivity index (χ3n) is 16.2. The molecule has 5 aliphatic rings. The van der Waals surface area contributed by atoms with Gasteiger partial charge in [-0.15, -0.1) is 0 Å². The molecule has 0 saturated carbocycles. The van der Waals surface area contributed by atoms with Crippen molar-refractivity contribution >= 4 is 99.0 Å². The topological polar surface area (TPSA) is 443 Å². The molecule has 30 heteroatoms. The van der Waals surface area contributed by atoms with E-state index in [0.717, 1.165) is 9.80 Å². The number of carbonyl (C=O) groups is 12. The molecule has 0 aliphatic carbocycles. The summed E-state index contributed by atoms with van der Waals surface area (Å²) in [6, 6.07) is -2.81. The molecule has 2 saturated heterocycles. The maximum atomic E-state index is 15.0. The number of nitrogens with zero attached hydrogens (tertiary/aromatic N) is 4. The number of primary amides is 1. The number of ketones is 2. The Balaban J connectivity index is 0.0000116. The third kappa shape index (κ3) is 16.7. The Morgan fingerprint density at radius 1 is 0.824 bits per heavy atom. The number of fused-ring (bicyclic) bond motifs is 5. The average molecular weight is 1210 g/mol. The van der Waals surface area contributed by atoms with Crippen LogP contribution in [0.2, 0.25) is 0 Å². The molecule has 0 radical (unpaired) electrons. The van der Waals surface area contributed by atoms with Crippen molar-refractivity contribution < 1.29 is 83.4 Å². The molecule has 7 rings (SSSR count). The van der Waals surface area contributed by atoms with Crippen molar-refractivity contribution in [3.63, 3.8) is 0 Å². The van der Waals surface area contributed by atoms with E-state index in [-0.39, 0.29) is 85.4 Å². The van der Waals surface area contributed by atoms with Crippen LogP contribution >= 0.6 is 0 Å². The number of aromatic amines is 1. The van der Waals surface area contributed by atoms with Crippen LogP contribution in [-0.2, 0) is 75.7 Å². The lowest BCUT2D eigenvalue weighted by Gasteiger charge is -2.36. The number of unbranched alkanes of at least 4 members (excludes halogenated alkanes) is 2. The van der Waals surface area contributed by atoms with E-state index in [1.807, 2.05) is 4.90 Å². The van der Waals surface area contributed by atoms with Crippen molar-refractivity contribution in [2.24, 2.45) is 29.4 Å². The van der Waals surface area contributed by atoms with Crippen LogP contribution in [0.4, 0.5) is 5.69 Å². The fourth-order valence-corrected chi connectivity index (χ4v) is 12.5. The number of anilines is 1. The molecular weight excluding hydrogens is 1130 g/mol. The number of H-pyrrole nitrogens is 1. The van der Waals surface area contributed by atoms with Crippen LogP contribution < -0.4 is 42.6 Å². The van der Waals surface area contributed by atoms with Crippen molar-refractivity contribution in [1.29, 1.82) is 0 Å². The molecule has 10 amide bonds. The standard InChI is InChI=1S/C55H76N12O16S.H2O/c1-4-28(2)47-53(82)58-23-43(76)59-35-27-84-54-34(33-9-10-37(70)50(49(33)62-54)64-14-16-65(17-15-64)63-42(75)8-6-5-7-13-66-45(78)11-12-46(66)79)18-30(51(80)57-24-44(77)60-47)19-39(72)48(29(3)40(73)26-68)61-52(81)36-22-32(69)25-67(36)55(83)31(20-38(35)71)21-41(56)74;/h9-12,28-32,35-36,40,47-48,62,68-70,73H,4-8,13-27H2,1-3H3,(H2,56,74)(H,57,80)(H,58,82)(H,59,76)(H,60,77)(H,61,81)(H,63,75);1H2/t28-,29-,30-,31-,32+,35-,36-,40-,47-,48-;/m0./s1. The number of phenols is 1. The fraction of sp³-hybridized carbons (Fsp3) is 0.600. The zero-order chi connectivity index (χ0) is 61.1. The van der Waals surface area contributed by atoms with E-state index in [0.29, 0.717) is 66.0 Å². The number of hydrogen-bond acceptors (Lipinski definition) is 19. The third-order valence-corrected chi connectivity index (χ3v) is 17.5. The summed E-state index contributed by atoms with van der Waals surface area (Å²) in [6.45, 7) is 3.53. The summed E-state index contributed by atoms with van der Waals surface area (Å²) in [7, 11) is 0. The van der Waals surface area contributed by atoms with Gasteiger partial charge in [-0.1, -0.05) is 33.6 Å². The SMILES string of the molecule is CC[C@H](C)[C@@H]1NC(=O)CNC(=O)[C@@H]2CC(=O)[C@H]([C@@H](C)[C@@H](O)CO)NC(=O)[C@@H]3C[C@@H](O)CN3C(=O)[C@H](CC(N)=O)CC(=O)[C@H](C[SH+]c3[nH]c4c(N5CCN(NC(=O)CCCCCN6C(=O)C=CC6=O)CC5)c(O)ccc4c3C2)NC(=O)CNC1=O.[OH-]. The fourth-order valence-electron chi connectivity index (χ4n) is 11.2. The highest BCUT2D eigenvalue weighted by Crippen LogP contribution is 2.40. The Labute approximate surface area is 493 Å². The first-order valence-electron chi connectivity index (χ1n) is 28.4. The summed E-state index contributed by atoms with van der Waals surface area (Å²) in [5.74, 6) is -13.8. The van der Waals surface area contributed by atoms with E-state index >= 15 is 0 Å². The van der Waals surface area contributed by atoms with Gasteiger partial charge in [-0.3, -0.25) is 67.9 Å². The predicted octanol–water partition coefficient (Wildman–Crippen LogP) is -4.21. The van der Waals surface area contributed by atoms with Gasteiger partial charge >= 0.3 is 0 Å². The Morgan fingerprint density at radius 3 is 2.15 bits per heavy atom. The van der Waals surface area contributed by atoms with E-state index in [9.17, 15) is 78.0 Å². The van der Waals surface area contributed by atoms with Crippen LogP contribution in [-0.4, -0.2) is 217 Å². The van der Waals surface area contributed by atoms with Gasteiger partial charge in [0.15, 0.2) is 11.6 Å². The molecular formula is C55H78N12O17S. The molecule has 1 aromatic heterocycles. The summed E-state index contributed by atoms with van der Waals surface area (Å²) in [5, 5.41) is 59.2. The molecule has 6 heterocycles. The normalized spacial score (nSPS) is 25.7.